The zero-order valence-electron chi connectivity index (χ0n) is 10.2. The molecule has 0 aliphatic carbocycles. The van der Waals surface area contributed by atoms with E-state index in [0.29, 0.717) is 18.9 Å². The zero-order valence-corrected chi connectivity index (χ0v) is 10.2. The van der Waals surface area contributed by atoms with Gasteiger partial charge in [0.2, 0.25) is 0 Å². The summed E-state index contributed by atoms with van der Waals surface area (Å²) in [7, 11) is 0. The second kappa shape index (κ2) is 7.73. The number of nitriles is 1. The largest absolute Gasteiger partial charge is 0.465 e. The van der Waals surface area contributed by atoms with Crippen molar-refractivity contribution in [3.63, 3.8) is 0 Å². The summed E-state index contributed by atoms with van der Waals surface area (Å²) in [6.45, 7) is 9.61. The average Bonchev–Trinajstić information content (AvgIpc) is 2.28. The Hall–Kier alpha value is -1.52. The minimum absolute atomic E-state index is 0.294. The fourth-order valence-electron chi connectivity index (χ4n) is 1.29. The topological polar surface area (TPSA) is 50.1 Å². The second-order valence-corrected chi connectivity index (χ2v) is 3.77. The van der Waals surface area contributed by atoms with Crippen molar-refractivity contribution in [2.24, 2.45) is 11.8 Å². The summed E-state index contributed by atoms with van der Waals surface area (Å²) in [5.74, 6) is -0.778. The molecule has 0 radical (unpaired) electrons. The number of hydrogen-bond donors (Lipinski definition) is 0. The normalized spacial score (nSPS) is 13.1. The van der Waals surface area contributed by atoms with E-state index >= 15 is 0 Å². The maximum atomic E-state index is 11.3. The standard InChI is InChI=1S/C13H19NO2/c1-5-10(3)11(4)7-8-12(9-14)13(15)16-6-2/h11-12H,1,6-8H2,2-4H3. The van der Waals surface area contributed by atoms with Gasteiger partial charge in [0, 0.05) is 0 Å². The Morgan fingerprint density at radius 3 is 2.56 bits per heavy atom. The predicted molar refractivity (Wildman–Crippen MR) is 62.5 cm³/mol. The van der Waals surface area contributed by atoms with Crippen LogP contribution in [-0.4, -0.2) is 12.6 Å². The first-order chi connectivity index (χ1) is 7.56. The van der Waals surface area contributed by atoms with Gasteiger partial charge in [0.1, 0.15) is 5.92 Å². The van der Waals surface area contributed by atoms with E-state index in [-0.39, 0.29) is 0 Å². The van der Waals surface area contributed by atoms with Crippen molar-refractivity contribution in [3.05, 3.63) is 17.9 Å². The molecule has 16 heavy (non-hydrogen) atoms. The molecule has 0 aliphatic heterocycles. The molecule has 0 aromatic rings. The van der Waals surface area contributed by atoms with E-state index < -0.39 is 11.9 Å². The Bertz CT molecular complexity index is 321. The maximum absolute atomic E-state index is 11.3. The Morgan fingerprint density at radius 2 is 2.12 bits per heavy atom. The predicted octanol–water partition coefficient (Wildman–Crippen LogP) is 2.84. The van der Waals surface area contributed by atoms with Crippen molar-refractivity contribution >= 4 is 5.97 Å². The van der Waals surface area contributed by atoms with E-state index in [4.69, 9.17) is 10.00 Å². The fourth-order valence-corrected chi connectivity index (χ4v) is 1.29. The van der Waals surface area contributed by atoms with Crippen LogP contribution in [0.2, 0.25) is 0 Å². The lowest BCUT2D eigenvalue weighted by molar-refractivity contribution is -0.146. The highest BCUT2D eigenvalue weighted by Crippen LogP contribution is 2.19. The highest BCUT2D eigenvalue weighted by molar-refractivity contribution is 5.75. The molecule has 3 nitrogen and oxygen atoms in total. The second-order valence-electron chi connectivity index (χ2n) is 3.77. The van der Waals surface area contributed by atoms with Gasteiger partial charge in [-0.3, -0.25) is 4.79 Å². The van der Waals surface area contributed by atoms with E-state index in [0.717, 1.165) is 12.0 Å². The molecular weight excluding hydrogens is 202 g/mol. The van der Waals surface area contributed by atoms with Crippen molar-refractivity contribution in [3.8, 4) is 6.07 Å². The average molecular weight is 221 g/mol. The van der Waals surface area contributed by atoms with E-state index in [9.17, 15) is 4.79 Å². The van der Waals surface area contributed by atoms with Gasteiger partial charge >= 0.3 is 5.97 Å². The monoisotopic (exact) mass is 221 g/mol. The molecule has 0 fully saturated rings. The van der Waals surface area contributed by atoms with Crippen LogP contribution >= 0.6 is 0 Å². The number of rotatable bonds is 6. The van der Waals surface area contributed by atoms with Crippen LogP contribution in [0.15, 0.2) is 17.9 Å². The van der Waals surface area contributed by atoms with E-state index in [1.807, 2.05) is 19.9 Å². The number of esters is 1. The molecule has 0 saturated carbocycles. The summed E-state index contributed by atoms with van der Waals surface area (Å²) in [6, 6.07) is 1.98. The van der Waals surface area contributed by atoms with Crippen LogP contribution in [-0.2, 0) is 9.53 Å². The molecule has 88 valence electrons. The Labute approximate surface area is 97.4 Å². The summed E-state index contributed by atoms with van der Waals surface area (Å²) in [5.41, 5.74) is 3.88. The highest BCUT2D eigenvalue weighted by Gasteiger charge is 2.20. The van der Waals surface area contributed by atoms with Crippen LogP contribution in [0.4, 0.5) is 0 Å². The third kappa shape index (κ3) is 4.82. The first kappa shape index (κ1) is 14.5. The van der Waals surface area contributed by atoms with Gasteiger partial charge in [-0.1, -0.05) is 13.5 Å². The van der Waals surface area contributed by atoms with Gasteiger partial charge in [-0.05, 0) is 38.2 Å². The number of allylic oxidation sites excluding steroid dienone is 1. The van der Waals surface area contributed by atoms with Crippen LogP contribution in [0.25, 0.3) is 0 Å². The third-order valence-electron chi connectivity index (χ3n) is 2.63. The molecule has 0 heterocycles. The summed E-state index contributed by atoms with van der Waals surface area (Å²) in [5, 5.41) is 8.85. The molecule has 0 spiro atoms. The van der Waals surface area contributed by atoms with Crippen molar-refractivity contribution < 1.29 is 9.53 Å². The Morgan fingerprint density at radius 1 is 1.50 bits per heavy atom. The smallest absolute Gasteiger partial charge is 0.323 e. The molecule has 0 aromatic carbocycles. The van der Waals surface area contributed by atoms with Gasteiger partial charge in [0.05, 0.1) is 12.7 Å². The van der Waals surface area contributed by atoms with Crippen LogP contribution in [0.3, 0.4) is 0 Å². The summed E-state index contributed by atoms with van der Waals surface area (Å²) < 4.78 is 4.82. The van der Waals surface area contributed by atoms with Gasteiger partial charge in [-0.15, -0.1) is 5.73 Å². The first-order valence-electron chi connectivity index (χ1n) is 5.49. The van der Waals surface area contributed by atoms with Crippen molar-refractivity contribution in [1.29, 1.82) is 5.26 Å². The number of ether oxygens (including phenoxy) is 1. The van der Waals surface area contributed by atoms with E-state index in [1.54, 1.807) is 6.92 Å². The van der Waals surface area contributed by atoms with E-state index in [2.05, 4.69) is 12.3 Å². The molecule has 0 N–H and O–H groups in total. The Kier molecular flexibility index (Phi) is 7.00. The number of nitrogens with zero attached hydrogens (tertiary/aromatic N) is 1. The molecule has 0 amide bonds. The van der Waals surface area contributed by atoms with Gasteiger partial charge in [-0.25, -0.2) is 0 Å². The number of carbonyl (C=O) groups is 1. The van der Waals surface area contributed by atoms with Crippen molar-refractivity contribution in [2.75, 3.05) is 6.61 Å². The maximum Gasteiger partial charge on any atom is 0.323 e. The molecule has 0 saturated heterocycles. The highest BCUT2D eigenvalue weighted by atomic mass is 16.5. The third-order valence-corrected chi connectivity index (χ3v) is 2.63. The summed E-state index contributed by atoms with van der Waals surface area (Å²) in [6.07, 6.45) is 1.29. The van der Waals surface area contributed by atoms with Crippen molar-refractivity contribution in [2.45, 2.75) is 33.6 Å². The van der Waals surface area contributed by atoms with Crippen molar-refractivity contribution in [1.82, 2.24) is 0 Å². The molecule has 0 aliphatic rings. The van der Waals surface area contributed by atoms with Crippen LogP contribution < -0.4 is 0 Å². The molecule has 0 aromatic heterocycles. The number of carbonyl (C=O) groups excluding carboxylic acids is 1. The fraction of sp³-hybridized carbons (Fsp3) is 0.615. The molecule has 3 heteroatoms. The molecule has 2 unspecified atom stereocenters. The molecule has 0 bridgehead atoms. The summed E-state index contributed by atoms with van der Waals surface area (Å²) >= 11 is 0. The minimum Gasteiger partial charge on any atom is -0.465 e. The molecular formula is C13H19NO2. The van der Waals surface area contributed by atoms with Gasteiger partial charge < -0.3 is 4.74 Å². The lowest BCUT2D eigenvalue weighted by Gasteiger charge is -2.12. The Balaban J connectivity index is 4.22. The van der Waals surface area contributed by atoms with Gasteiger partial charge in [0.25, 0.3) is 0 Å². The van der Waals surface area contributed by atoms with Crippen LogP contribution in [0, 0.1) is 23.2 Å². The molecule has 2 atom stereocenters. The van der Waals surface area contributed by atoms with Crippen LogP contribution in [0.5, 0.6) is 0 Å². The minimum atomic E-state index is -0.653. The summed E-state index contributed by atoms with van der Waals surface area (Å²) in [4.78, 5) is 11.3. The lowest BCUT2D eigenvalue weighted by atomic mass is 9.93. The van der Waals surface area contributed by atoms with Gasteiger partial charge in [-0.2, -0.15) is 5.26 Å². The SMILES string of the molecule is C=C=C(C)C(C)CCC(C#N)C(=O)OCC. The first-order valence-corrected chi connectivity index (χ1v) is 5.49. The quantitative estimate of drug-likeness (QED) is 0.512. The van der Waals surface area contributed by atoms with Gasteiger partial charge in [0.15, 0.2) is 0 Å². The zero-order chi connectivity index (χ0) is 12.6. The van der Waals surface area contributed by atoms with E-state index in [1.165, 1.54) is 0 Å². The lowest BCUT2D eigenvalue weighted by Crippen LogP contribution is -2.17. The van der Waals surface area contributed by atoms with Crippen LogP contribution in [0.1, 0.15) is 33.6 Å². The molecule has 0 rings (SSSR count). The number of hydrogen-bond acceptors (Lipinski definition) is 3.